The molecular weight excluding hydrogens is 837 g/mol. The van der Waals surface area contributed by atoms with Gasteiger partial charge in [0.15, 0.2) is 6.10 Å². The van der Waals surface area contributed by atoms with Crippen LogP contribution >= 0.6 is 0 Å². The third-order valence-corrected chi connectivity index (χ3v) is 12.1. The second-order valence-electron chi connectivity index (χ2n) is 18.6. The average Bonchev–Trinajstić information content (AvgIpc) is 3.34. The molecule has 0 spiro atoms. The molecular formula is C63H106O5. The molecule has 1 unspecified atom stereocenters. The van der Waals surface area contributed by atoms with Gasteiger partial charge in [0.2, 0.25) is 0 Å². The van der Waals surface area contributed by atoms with Gasteiger partial charge in [-0.1, -0.05) is 252 Å². The molecule has 0 amide bonds. The number of esters is 2. The summed E-state index contributed by atoms with van der Waals surface area (Å²) in [5.74, 6) is -0.596. The number of rotatable bonds is 51. The number of aliphatic hydroxyl groups excluding tert-OH is 1. The predicted octanol–water partition coefficient (Wildman–Crippen LogP) is 19.3. The SMILES string of the molecule is CC/C=C\C/C=C\C/C=C\C/C=C\C/C=C\C/C=C\C/C=C\CCCCCCCCCCCCCCCC(=O)OC(CO)COC(=O)CCCCCCCCCCC/C=C\C/C=C\CCCCC. The lowest BCUT2D eigenvalue weighted by Crippen LogP contribution is -2.28. The first kappa shape index (κ1) is 64.6. The lowest BCUT2D eigenvalue weighted by Gasteiger charge is -2.15. The Bertz CT molecular complexity index is 1340. The Kier molecular flexibility index (Phi) is 54.9. The average molecular weight is 944 g/mol. The molecule has 0 aliphatic carbocycles. The highest BCUT2D eigenvalue weighted by atomic mass is 16.6. The molecule has 0 saturated heterocycles. The molecule has 0 aromatic heterocycles. The van der Waals surface area contributed by atoms with Crippen LogP contribution in [-0.4, -0.2) is 36.4 Å². The van der Waals surface area contributed by atoms with Crippen molar-refractivity contribution in [2.45, 2.75) is 264 Å². The molecule has 5 heteroatoms. The van der Waals surface area contributed by atoms with Gasteiger partial charge < -0.3 is 14.6 Å². The number of unbranched alkanes of at least 4 members (excludes halogenated alkanes) is 25. The van der Waals surface area contributed by atoms with Crippen LogP contribution in [0.5, 0.6) is 0 Å². The molecule has 5 nitrogen and oxygen atoms in total. The molecule has 0 aliphatic heterocycles. The fourth-order valence-corrected chi connectivity index (χ4v) is 7.80. The van der Waals surface area contributed by atoms with Crippen LogP contribution in [0.2, 0.25) is 0 Å². The van der Waals surface area contributed by atoms with E-state index in [1.165, 1.54) is 141 Å². The van der Waals surface area contributed by atoms with E-state index in [0.29, 0.717) is 12.8 Å². The summed E-state index contributed by atoms with van der Waals surface area (Å²) in [6, 6.07) is 0. The first-order valence-electron chi connectivity index (χ1n) is 28.4. The van der Waals surface area contributed by atoms with Crippen molar-refractivity contribution in [2.75, 3.05) is 13.2 Å². The number of carbonyl (C=O) groups is 2. The topological polar surface area (TPSA) is 72.8 Å². The van der Waals surface area contributed by atoms with E-state index in [-0.39, 0.29) is 25.2 Å². The number of aliphatic hydroxyl groups is 1. The number of allylic oxidation sites excluding steroid dienone is 18. The van der Waals surface area contributed by atoms with E-state index in [4.69, 9.17) is 9.47 Å². The molecule has 0 aromatic rings. The summed E-state index contributed by atoms with van der Waals surface area (Å²) < 4.78 is 10.7. The zero-order valence-corrected chi connectivity index (χ0v) is 44.3. The Morgan fingerprint density at radius 1 is 0.353 bits per heavy atom. The van der Waals surface area contributed by atoms with E-state index in [0.717, 1.165) is 89.9 Å². The van der Waals surface area contributed by atoms with Crippen molar-refractivity contribution < 1.29 is 24.2 Å². The maximum atomic E-state index is 12.3. The molecule has 0 bridgehead atoms. The van der Waals surface area contributed by atoms with Gasteiger partial charge in [0.25, 0.3) is 0 Å². The maximum absolute atomic E-state index is 12.3. The van der Waals surface area contributed by atoms with Crippen LogP contribution in [0.25, 0.3) is 0 Å². The molecule has 388 valence electrons. The Morgan fingerprint density at radius 2 is 0.632 bits per heavy atom. The third kappa shape index (κ3) is 55.2. The quantitative estimate of drug-likeness (QED) is 0.0374. The molecule has 0 aliphatic rings. The van der Waals surface area contributed by atoms with Crippen molar-refractivity contribution in [1.29, 1.82) is 0 Å². The Balaban J connectivity index is 3.52. The van der Waals surface area contributed by atoms with Crippen LogP contribution in [0, 0.1) is 0 Å². The third-order valence-electron chi connectivity index (χ3n) is 12.1. The lowest BCUT2D eigenvalue weighted by molar-refractivity contribution is -0.161. The van der Waals surface area contributed by atoms with Gasteiger partial charge in [-0.3, -0.25) is 9.59 Å². The van der Waals surface area contributed by atoms with Gasteiger partial charge in [-0.05, 0) is 103 Å². The second-order valence-corrected chi connectivity index (χ2v) is 18.6. The van der Waals surface area contributed by atoms with Crippen molar-refractivity contribution in [2.24, 2.45) is 0 Å². The van der Waals surface area contributed by atoms with E-state index in [1.54, 1.807) is 0 Å². The zero-order chi connectivity index (χ0) is 49.2. The van der Waals surface area contributed by atoms with E-state index >= 15 is 0 Å². The summed E-state index contributed by atoms with van der Waals surface area (Å²) in [4.78, 5) is 24.5. The van der Waals surface area contributed by atoms with Crippen LogP contribution in [0.3, 0.4) is 0 Å². The monoisotopic (exact) mass is 943 g/mol. The maximum Gasteiger partial charge on any atom is 0.306 e. The zero-order valence-electron chi connectivity index (χ0n) is 44.3. The first-order valence-corrected chi connectivity index (χ1v) is 28.4. The number of hydrogen-bond acceptors (Lipinski definition) is 5. The van der Waals surface area contributed by atoms with Gasteiger partial charge in [0.05, 0.1) is 6.61 Å². The Labute approximate surface area is 421 Å². The molecule has 1 N–H and O–H groups in total. The Morgan fingerprint density at radius 3 is 0.956 bits per heavy atom. The fraction of sp³-hybridized carbons (Fsp3) is 0.683. The van der Waals surface area contributed by atoms with Crippen LogP contribution in [0.15, 0.2) is 109 Å². The summed E-state index contributed by atoms with van der Waals surface area (Å²) in [6.45, 7) is 4.01. The van der Waals surface area contributed by atoms with Gasteiger partial charge in [-0.2, -0.15) is 0 Å². The normalized spacial score (nSPS) is 13.0. The number of hydrogen-bond donors (Lipinski definition) is 1. The van der Waals surface area contributed by atoms with E-state index < -0.39 is 6.10 Å². The van der Waals surface area contributed by atoms with E-state index in [1.807, 2.05) is 0 Å². The molecule has 68 heavy (non-hydrogen) atoms. The first-order chi connectivity index (χ1) is 33.6. The van der Waals surface area contributed by atoms with Gasteiger partial charge in [-0.25, -0.2) is 0 Å². The fourth-order valence-electron chi connectivity index (χ4n) is 7.80. The summed E-state index contributed by atoms with van der Waals surface area (Å²) >= 11 is 0. The van der Waals surface area contributed by atoms with Crippen LogP contribution in [-0.2, 0) is 19.1 Å². The highest BCUT2D eigenvalue weighted by Crippen LogP contribution is 2.15. The van der Waals surface area contributed by atoms with Crippen molar-refractivity contribution in [1.82, 2.24) is 0 Å². The molecule has 0 rings (SSSR count). The van der Waals surface area contributed by atoms with Gasteiger partial charge in [-0.15, -0.1) is 0 Å². The van der Waals surface area contributed by atoms with Gasteiger partial charge in [0.1, 0.15) is 6.61 Å². The Hall–Kier alpha value is -3.44. The molecule has 1 atom stereocenters. The summed E-state index contributed by atoms with van der Waals surface area (Å²) in [6.07, 6.45) is 83.4. The second kappa shape index (κ2) is 57.9. The highest BCUT2D eigenvalue weighted by molar-refractivity contribution is 5.70. The van der Waals surface area contributed by atoms with E-state index in [9.17, 15) is 14.7 Å². The summed E-state index contributed by atoms with van der Waals surface area (Å²) in [7, 11) is 0. The number of ether oxygens (including phenoxy) is 2. The largest absolute Gasteiger partial charge is 0.462 e. The summed E-state index contributed by atoms with van der Waals surface area (Å²) in [5.41, 5.74) is 0. The van der Waals surface area contributed by atoms with Crippen molar-refractivity contribution in [3.63, 3.8) is 0 Å². The molecule has 0 aromatic carbocycles. The lowest BCUT2D eigenvalue weighted by atomic mass is 10.0. The minimum absolute atomic E-state index is 0.0719. The highest BCUT2D eigenvalue weighted by Gasteiger charge is 2.16. The minimum Gasteiger partial charge on any atom is -0.462 e. The number of carbonyl (C=O) groups excluding carboxylic acids is 2. The predicted molar refractivity (Wildman–Crippen MR) is 297 cm³/mol. The van der Waals surface area contributed by atoms with Gasteiger partial charge in [0, 0.05) is 12.8 Å². The van der Waals surface area contributed by atoms with Crippen molar-refractivity contribution in [3.05, 3.63) is 109 Å². The molecule has 0 heterocycles. The minimum atomic E-state index is -0.781. The van der Waals surface area contributed by atoms with Crippen molar-refractivity contribution in [3.8, 4) is 0 Å². The van der Waals surface area contributed by atoms with Crippen LogP contribution in [0.1, 0.15) is 258 Å². The smallest absolute Gasteiger partial charge is 0.306 e. The molecule has 0 fully saturated rings. The standard InChI is InChI=1S/C63H106O5/c1-3-5-7-9-11-13-15-17-19-21-23-24-25-26-27-28-29-30-31-32-33-34-35-36-37-38-40-42-44-46-48-50-52-54-56-58-63(66)68-61(59-64)60-67-62(65)57-55-53-51-49-47-45-43-41-39-22-20-18-16-14-12-10-8-6-4-2/h5,7,11-14,17-20,23-24,26-27,29-30,32-33,61,64H,3-4,6,8-10,15-16,21-22,25,28,31,34-60H2,1-2H3/b7-5-,13-11-,14-12-,19-17-,20-18-,24-23-,27-26-,30-29-,33-32-. The molecule has 0 saturated carbocycles. The van der Waals surface area contributed by atoms with E-state index in [2.05, 4.69) is 123 Å². The van der Waals surface area contributed by atoms with Crippen molar-refractivity contribution >= 4 is 11.9 Å². The van der Waals surface area contributed by atoms with Crippen LogP contribution < -0.4 is 0 Å². The van der Waals surface area contributed by atoms with Gasteiger partial charge >= 0.3 is 11.9 Å². The molecule has 0 radical (unpaired) electrons. The summed E-state index contributed by atoms with van der Waals surface area (Å²) in [5, 5.41) is 9.65. The van der Waals surface area contributed by atoms with Crippen LogP contribution in [0.4, 0.5) is 0 Å².